The molecule has 5 nitrogen and oxygen atoms in total. The number of aryl methyl sites for hydroxylation is 2. The predicted molar refractivity (Wildman–Crippen MR) is 83.1 cm³/mol. The average molecular weight is 305 g/mol. The van der Waals surface area contributed by atoms with Gasteiger partial charge in [0.2, 0.25) is 5.91 Å². The summed E-state index contributed by atoms with van der Waals surface area (Å²) < 4.78 is 1.80. The molecule has 0 radical (unpaired) electrons. The normalized spacial score (nSPS) is 17.0. The van der Waals surface area contributed by atoms with Gasteiger partial charge in [-0.25, -0.2) is 4.68 Å². The fourth-order valence-electron chi connectivity index (χ4n) is 2.71. The van der Waals surface area contributed by atoms with Crippen molar-refractivity contribution in [1.82, 2.24) is 15.1 Å². The van der Waals surface area contributed by atoms with Crippen molar-refractivity contribution < 1.29 is 4.79 Å². The Kier molecular flexibility index (Phi) is 3.47. The molecule has 0 saturated carbocycles. The minimum absolute atomic E-state index is 0.0477. The largest absolute Gasteiger partial charge is 0.324 e. The van der Waals surface area contributed by atoms with Gasteiger partial charge in [0, 0.05) is 16.9 Å². The summed E-state index contributed by atoms with van der Waals surface area (Å²) in [7, 11) is 0. The summed E-state index contributed by atoms with van der Waals surface area (Å²) in [6.07, 6.45) is 0. The van der Waals surface area contributed by atoms with Crippen LogP contribution in [0.1, 0.15) is 29.9 Å². The summed E-state index contributed by atoms with van der Waals surface area (Å²) in [5, 5.41) is 11.1. The van der Waals surface area contributed by atoms with Crippen molar-refractivity contribution in [1.29, 1.82) is 0 Å². The van der Waals surface area contributed by atoms with Gasteiger partial charge in [0.05, 0.1) is 16.4 Å². The fraction of sp³-hybridized carbons (Fsp3) is 0.333. The third kappa shape index (κ3) is 2.32. The second-order valence-electron chi connectivity index (χ2n) is 5.21. The van der Waals surface area contributed by atoms with E-state index in [0.29, 0.717) is 11.6 Å². The Morgan fingerprint density at radius 2 is 2.14 bits per heavy atom. The highest BCUT2D eigenvalue weighted by Crippen LogP contribution is 2.36. The van der Waals surface area contributed by atoms with Gasteiger partial charge in [0.1, 0.15) is 6.04 Å². The molecule has 1 aliphatic rings. The third-order valence-corrected chi connectivity index (χ3v) is 3.90. The zero-order valence-electron chi connectivity index (χ0n) is 12.2. The van der Waals surface area contributed by atoms with E-state index in [9.17, 15) is 4.79 Å². The van der Waals surface area contributed by atoms with Crippen molar-refractivity contribution in [2.24, 2.45) is 0 Å². The Morgan fingerprint density at radius 3 is 2.76 bits per heavy atom. The van der Waals surface area contributed by atoms with Crippen LogP contribution in [0.15, 0.2) is 18.2 Å². The van der Waals surface area contributed by atoms with E-state index >= 15 is 0 Å². The van der Waals surface area contributed by atoms with Crippen molar-refractivity contribution in [2.75, 3.05) is 11.9 Å². The summed E-state index contributed by atoms with van der Waals surface area (Å²) in [5.41, 5.74) is 4.38. The van der Waals surface area contributed by atoms with Gasteiger partial charge in [0.25, 0.3) is 0 Å². The lowest BCUT2D eigenvalue weighted by atomic mass is 10.1. The molecule has 1 aromatic heterocycles. The molecule has 1 unspecified atom stereocenters. The molecule has 21 heavy (non-hydrogen) atoms. The highest BCUT2D eigenvalue weighted by Gasteiger charge is 2.31. The summed E-state index contributed by atoms with van der Waals surface area (Å²) >= 11 is 6.41. The molecule has 0 bridgehead atoms. The van der Waals surface area contributed by atoms with E-state index in [1.54, 1.807) is 4.68 Å². The molecule has 2 aromatic rings. The van der Waals surface area contributed by atoms with Crippen LogP contribution in [0.4, 0.5) is 5.69 Å². The van der Waals surface area contributed by atoms with E-state index in [1.807, 2.05) is 39.0 Å². The Morgan fingerprint density at radius 1 is 1.38 bits per heavy atom. The number of hydrogen-bond donors (Lipinski definition) is 2. The number of fused-ring (bicyclic) bond motifs is 1. The van der Waals surface area contributed by atoms with Gasteiger partial charge < -0.3 is 10.6 Å². The zero-order valence-corrected chi connectivity index (χ0v) is 13.0. The number of carbonyl (C=O) groups excluding carboxylic acids is 1. The first-order valence-corrected chi connectivity index (χ1v) is 7.30. The van der Waals surface area contributed by atoms with Crippen LogP contribution in [0.5, 0.6) is 0 Å². The molecular weight excluding hydrogens is 288 g/mol. The highest BCUT2D eigenvalue weighted by molar-refractivity contribution is 6.32. The number of benzene rings is 1. The fourth-order valence-corrected chi connectivity index (χ4v) is 2.96. The van der Waals surface area contributed by atoms with E-state index in [2.05, 4.69) is 15.7 Å². The third-order valence-electron chi connectivity index (χ3n) is 3.60. The second-order valence-corrected chi connectivity index (χ2v) is 5.62. The first kappa shape index (κ1) is 14.1. The van der Waals surface area contributed by atoms with Crippen molar-refractivity contribution in [3.8, 4) is 5.69 Å². The summed E-state index contributed by atoms with van der Waals surface area (Å²) in [6.45, 7) is 6.60. The van der Waals surface area contributed by atoms with Crippen molar-refractivity contribution in [2.45, 2.75) is 26.8 Å². The summed E-state index contributed by atoms with van der Waals surface area (Å²) in [4.78, 5) is 12.0. The number of hydrogen-bond acceptors (Lipinski definition) is 3. The smallest absolute Gasteiger partial charge is 0.246 e. The molecule has 0 saturated heterocycles. The Balaban J connectivity index is 2.10. The van der Waals surface area contributed by atoms with Crippen molar-refractivity contribution >= 4 is 23.2 Å². The van der Waals surface area contributed by atoms with Crippen LogP contribution in [0.2, 0.25) is 5.02 Å². The van der Waals surface area contributed by atoms with Crippen LogP contribution in [-0.2, 0) is 4.79 Å². The lowest BCUT2D eigenvalue weighted by Crippen LogP contribution is -2.27. The summed E-state index contributed by atoms with van der Waals surface area (Å²) in [5.74, 6) is -0.0477. The number of rotatable bonds is 3. The van der Waals surface area contributed by atoms with Crippen molar-refractivity contribution in [3.63, 3.8) is 0 Å². The molecule has 1 amide bonds. The SMILES string of the molecule is CCNC1C(=O)Nc2cc(-n3nc(C)cc3C)c(Cl)cc21. The van der Waals surface area contributed by atoms with Crippen LogP contribution >= 0.6 is 11.6 Å². The maximum atomic E-state index is 12.0. The molecule has 0 aliphatic carbocycles. The van der Waals surface area contributed by atoms with Gasteiger partial charge in [-0.15, -0.1) is 0 Å². The first-order chi connectivity index (χ1) is 10.0. The molecule has 1 aliphatic heterocycles. The molecule has 1 atom stereocenters. The van der Waals surface area contributed by atoms with Crippen LogP contribution in [0.25, 0.3) is 5.69 Å². The van der Waals surface area contributed by atoms with Gasteiger partial charge in [0.15, 0.2) is 0 Å². The second kappa shape index (κ2) is 5.16. The number of aromatic nitrogens is 2. The number of amides is 1. The minimum atomic E-state index is -0.336. The van der Waals surface area contributed by atoms with Crippen LogP contribution in [-0.4, -0.2) is 22.2 Å². The Hall–Kier alpha value is -1.85. The van der Waals surface area contributed by atoms with E-state index < -0.39 is 0 Å². The van der Waals surface area contributed by atoms with Crippen molar-refractivity contribution in [3.05, 3.63) is 40.2 Å². The highest BCUT2D eigenvalue weighted by atomic mass is 35.5. The number of carbonyl (C=O) groups is 1. The summed E-state index contributed by atoms with van der Waals surface area (Å²) in [6, 6.07) is 5.38. The molecule has 1 aromatic carbocycles. The molecule has 2 heterocycles. The topological polar surface area (TPSA) is 59.0 Å². The maximum absolute atomic E-state index is 12.0. The van der Waals surface area contributed by atoms with Gasteiger partial charge in [-0.2, -0.15) is 5.10 Å². The van der Waals surface area contributed by atoms with Gasteiger partial charge in [-0.05, 0) is 38.6 Å². The predicted octanol–water partition coefficient (Wildman–Crippen LogP) is 2.75. The van der Waals surface area contributed by atoms with Gasteiger partial charge in [-0.1, -0.05) is 18.5 Å². The average Bonchev–Trinajstić information content (AvgIpc) is 2.90. The molecule has 2 N–H and O–H groups in total. The van der Waals surface area contributed by atoms with Crippen LogP contribution in [0.3, 0.4) is 0 Å². The molecular formula is C15H17ClN4O. The molecule has 6 heteroatoms. The number of nitrogens with one attached hydrogen (secondary N) is 2. The van der Waals surface area contributed by atoms with Crippen LogP contribution < -0.4 is 10.6 Å². The molecule has 3 rings (SSSR count). The first-order valence-electron chi connectivity index (χ1n) is 6.92. The number of nitrogens with zero attached hydrogens (tertiary/aromatic N) is 2. The monoisotopic (exact) mass is 304 g/mol. The Bertz CT molecular complexity index is 723. The van der Waals surface area contributed by atoms with Gasteiger partial charge in [-0.3, -0.25) is 4.79 Å². The lowest BCUT2D eigenvalue weighted by molar-refractivity contribution is -0.117. The quantitative estimate of drug-likeness (QED) is 0.916. The lowest BCUT2D eigenvalue weighted by Gasteiger charge is -2.12. The number of anilines is 1. The van der Waals surface area contributed by atoms with Crippen LogP contribution in [0, 0.1) is 13.8 Å². The minimum Gasteiger partial charge on any atom is -0.324 e. The molecule has 0 fully saturated rings. The standard InChI is InChI=1S/C15H17ClN4O/c1-4-17-14-10-6-11(16)13(7-12(10)18-15(14)21)20-9(3)5-8(2)19-20/h5-7,14,17H,4H2,1-3H3,(H,18,21). The van der Waals surface area contributed by atoms with E-state index in [4.69, 9.17) is 11.6 Å². The molecule has 110 valence electrons. The molecule has 0 spiro atoms. The Labute approximate surface area is 128 Å². The van der Waals surface area contributed by atoms with Gasteiger partial charge >= 0.3 is 0 Å². The van der Waals surface area contributed by atoms with E-state index in [-0.39, 0.29) is 11.9 Å². The number of likely N-dealkylation sites (N-methyl/N-ethyl adjacent to an activating group) is 1. The zero-order chi connectivity index (χ0) is 15.1. The van der Waals surface area contributed by atoms with E-state index in [1.165, 1.54) is 0 Å². The number of halogens is 1. The van der Waals surface area contributed by atoms with E-state index in [0.717, 1.165) is 28.3 Å². The maximum Gasteiger partial charge on any atom is 0.246 e.